The quantitative estimate of drug-likeness (QED) is 0.0283. The SMILES string of the molecule is CCCC[N+](CCCC)(CCCC)CCCC.CCCC[N-]Cl.O=S(=O)([O-])c1ccc(N=Nc2c(O)ccc3ccccc23)cc1.O=S(=O)([O-])c1ccc(N=Nc2c(O)ccc3ccccc23)cc1.[Cl-].[Na+].[Na+]. The summed E-state index contributed by atoms with van der Waals surface area (Å²) in [5, 5.41) is 39.3. The van der Waals surface area contributed by atoms with Gasteiger partial charge in [-0.05, 0) is 97.1 Å². The standard InChI is InChI=1S/2C16H12N2O4S.C16H36N.C4H9ClN.ClH.2Na/c2*19-15-10-5-11-3-1-2-4-14(11)16(15)18-17-12-6-8-13(9-7-12)23(20,21)22;1-5-9-13-17(14-10-6-2,15-11-7-3)16-12-8-4;1-2-3-4-6-5;;;/h2*1-10,19H,(H,20,21,22);5-16H2,1-4H3;2-4H2,1H3;1H;;/q;;+1;-1;;2*+1/p-3. The molecule has 382 valence electrons. The van der Waals surface area contributed by atoms with Crippen molar-refractivity contribution in [2.75, 3.05) is 32.7 Å². The molecule has 0 spiro atoms. The number of rotatable bonds is 21. The molecule has 0 aliphatic heterocycles. The molecule has 6 rings (SSSR count). The van der Waals surface area contributed by atoms with Crippen molar-refractivity contribution in [3.05, 3.63) is 126 Å². The largest absolute Gasteiger partial charge is 1.00 e. The summed E-state index contributed by atoms with van der Waals surface area (Å²) in [6.45, 7) is 17.9. The minimum Gasteiger partial charge on any atom is -1.00 e. The summed E-state index contributed by atoms with van der Waals surface area (Å²) in [7, 11) is -8.97. The third-order valence-corrected chi connectivity index (χ3v) is 12.9. The normalized spacial score (nSPS) is 11.3. The van der Waals surface area contributed by atoms with Crippen molar-refractivity contribution in [3.8, 4) is 11.5 Å². The van der Waals surface area contributed by atoms with Crippen molar-refractivity contribution in [3.63, 3.8) is 0 Å². The second kappa shape index (κ2) is 36.8. The van der Waals surface area contributed by atoms with E-state index in [0.717, 1.165) is 34.5 Å². The van der Waals surface area contributed by atoms with E-state index in [1.165, 1.54) is 149 Å². The Morgan fingerprint density at radius 3 is 1.08 bits per heavy atom. The fourth-order valence-corrected chi connectivity index (χ4v) is 8.19. The smallest absolute Gasteiger partial charge is 1.00 e. The zero-order valence-corrected chi connectivity index (χ0v) is 49.9. The van der Waals surface area contributed by atoms with Crippen LogP contribution in [0, 0.1) is 0 Å². The number of phenols is 2. The first kappa shape index (κ1) is 69.0. The number of hydrogen-bond acceptors (Lipinski definition) is 12. The average Bonchev–Trinajstić information content (AvgIpc) is 3.35. The number of unbranched alkanes of at least 4 members (excludes halogenated alkanes) is 5. The number of nitrogens with zero attached hydrogens (tertiary/aromatic N) is 6. The van der Waals surface area contributed by atoms with E-state index in [2.05, 4.69) is 59.9 Å². The minimum absolute atomic E-state index is 0. The van der Waals surface area contributed by atoms with Crippen molar-refractivity contribution in [1.29, 1.82) is 0 Å². The van der Waals surface area contributed by atoms with Crippen LogP contribution in [0.25, 0.3) is 26.4 Å². The molecule has 0 saturated heterocycles. The van der Waals surface area contributed by atoms with Crippen LogP contribution in [0.1, 0.15) is 98.8 Å². The van der Waals surface area contributed by atoms with Crippen LogP contribution in [-0.2, 0) is 20.2 Å². The van der Waals surface area contributed by atoms with E-state index in [4.69, 9.17) is 11.8 Å². The van der Waals surface area contributed by atoms with Crippen LogP contribution in [0.5, 0.6) is 11.5 Å². The number of fused-ring (bicyclic) bond motifs is 2. The van der Waals surface area contributed by atoms with Gasteiger partial charge in [0, 0.05) is 10.8 Å². The van der Waals surface area contributed by atoms with Gasteiger partial charge in [-0.25, -0.2) is 16.8 Å². The Balaban J connectivity index is 0.000000985. The van der Waals surface area contributed by atoms with Crippen molar-refractivity contribution in [2.45, 2.75) is 109 Å². The predicted molar refractivity (Wildman–Crippen MR) is 277 cm³/mol. The molecule has 0 bridgehead atoms. The van der Waals surface area contributed by atoms with Crippen molar-refractivity contribution in [1.82, 2.24) is 0 Å². The average molecular weight is 1090 g/mol. The van der Waals surface area contributed by atoms with Crippen LogP contribution in [-0.4, -0.2) is 73.4 Å². The number of halogens is 2. The zero-order chi connectivity index (χ0) is 50.7. The van der Waals surface area contributed by atoms with E-state index in [0.29, 0.717) is 22.7 Å². The molecule has 6 aromatic carbocycles. The number of phenolic OH excluding ortho intramolecular Hbond substituents is 2. The Morgan fingerprint density at radius 1 is 0.486 bits per heavy atom. The summed E-state index contributed by atoms with van der Waals surface area (Å²) in [4.78, 5) is 2.74. The molecule has 2 N–H and O–H groups in total. The topological polar surface area (TPSA) is 218 Å². The Morgan fingerprint density at radius 2 is 0.806 bits per heavy atom. The van der Waals surface area contributed by atoms with E-state index < -0.39 is 20.2 Å². The van der Waals surface area contributed by atoms with E-state index >= 15 is 0 Å². The monoisotopic (exact) mass is 1080 g/mol. The number of aromatic hydroxyl groups is 2. The van der Waals surface area contributed by atoms with Gasteiger partial charge in [0.2, 0.25) is 0 Å². The van der Waals surface area contributed by atoms with E-state index in [1.54, 1.807) is 12.1 Å². The van der Waals surface area contributed by atoms with Crippen molar-refractivity contribution >= 4 is 76.3 Å². The third-order valence-electron chi connectivity index (χ3n) is 11.1. The van der Waals surface area contributed by atoms with Crippen LogP contribution in [0.2, 0.25) is 0 Å². The van der Waals surface area contributed by atoms with Gasteiger partial charge in [-0.3, -0.25) is 11.8 Å². The summed E-state index contributed by atoms with van der Waals surface area (Å²) in [6, 6.07) is 31.6. The first-order valence-corrected chi connectivity index (χ1v) is 26.7. The van der Waals surface area contributed by atoms with Gasteiger partial charge in [-0.2, -0.15) is 10.2 Å². The summed E-state index contributed by atoms with van der Waals surface area (Å²) in [6.07, 6.45) is 13.4. The maximum atomic E-state index is 10.9. The minimum atomic E-state index is -4.48. The molecule has 0 heterocycles. The maximum Gasteiger partial charge on any atom is 1.00 e. The van der Waals surface area contributed by atoms with Crippen LogP contribution < -0.4 is 71.5 Å². The molecular weight excluding hydrogens is 1020 g/mol. The van der Waals surface area contributed by atoms with Crippen molar-refractivity contribution in [2.24, 2.45) is 20.5 Å². The first-order valence-electron chi connectivity index (χ1n) is 23.6. The molecule has 0 aromatic heterocycles. The maximum absolute atomic E-state index is 10.9. The number of benzene rings is 6. The van der Waals surface area contributed by atoms with E-state index in [-0.39, 0.29) is 92.8 Å². The van der Waals surface area contributed by atoms with Gasteiger partial charge < -0.3 is 41.0 Å². The molecular formula is C52H67Cl2N6Na2O8S2-. The Bertz CT molecular complexity index is 2550. The molecule has 20 heteroatoms. The Kier molecular flexibility index (Phi) is 35.3. The number of hydrogen-bond donors (Lipinski definition) is 2. The summed E-state index contributed by atoms with van der Waals surface area (Å²) < 4.78 is 66.7. The molecule has 0 atom stereocenters. The van der Waals surface area contributed by atoms with E-state index in [9.17, 15) is 36.2 Å². The molecule has 0 fully saturated rings. The molecule has 0 unspecified atom stereocenters. The number of azo groups is 2. The van der Waals surface area contributed by atoms with Crippen LogP contribution in [0.15, 0.2) is 152 Å². The van der Waals surface area contributed by atoms with Crippen molar-refractivity contribution < 1.29 is 112 Å². The molecule has 0 saturated carbocycles. The fourth-order valence-electron chi connectivity index (χ4n) is 7.13. The molecule has 0 amide bonds. The Labute approximate surface area is 483 Å². The molecule has 0 aliphatic carbocycles. The second-order valence-electron chi connectivity index (χ2n) is 16.5. The fraction of sp³-hybridized carbons (Fsp3) is 0.385. The Hall–Kier alpha value is -3.04. The summed E-state index contributed by atoms with van der Waals surface area (Å²) in [5.74, 6) is -0.0163. The van der Waals surface area contributed by atoms with Gasteiger partial charge in [0.15, 0.2) is 0 Å². The van der Waals surface area contributed by atoms with Crippen LogP contribution >= 0.6 is 11.8 Å². The third kappa shape index (κ3) is 24.1. The number of quaternary nitrogens is 1. The molecule has 6 aromatic rings. The molecule has 0 radical (unpaired) electrons. The molecule has 72 heavy (non-hydrogen) atoms. The van der Waals surface area contributed by atoms with Crippen LogP contribution in [0.4, 0.5) is 22.7 Å². The first-order chi connectivity index (χ1) is 33.1. The van der Waals surface area contributed by atoms with Gasteiger partial charge in [-0.15, -0.1) is 16.8 Å². The van der Waals surface area contributed by atoms with Gasteiger partial charge in [0.05, 0.1) is 47.3 Å². The van der Waals surface area contributed by atoms with Gasteiger partial charge in [-0.1, -0.05) is 134 Å². The predicted octanol–water partition coefficient (Wildman–Crippen LogP) is 6.06. The molecule has 0 aliphatic rings. The zero-order valence-electron chi connectivity index (χ0n) is 42.8. The summed E-state index contributed by atoms with van der Waals surface area (Å²) in [5.41, 5.74) is 1.38. The second-order valence-corrected chi connectivity index (χ2v) is 19.5. The molecule has 14 nitrogen and oxygen atoms in total. The van der Waals surface area contributed by atoms with Gasteiger partial charge >= 0.3 is 59.1 Å². The van der Waals surface area contributed by atoms with E-state index in [1.807, 2.05) is 48.5 Å². The summed E-state index contributed by atoms with van der Waals surface area (Å²) >= 11 is 5.01. The van der Waals surface area contributed by atoms with Crippen LogP contribution in [0.3, 0.4) is 0 Å². The van der Waals surface area contributed by atoms with Gasteiger partial charge in [0.25, 0.3) is 0 Å². The van der Waals surface area contributed by atoms with Gasteiger partial charge in [0.1, 0.15) is 43.1 Å².